The zero-order chi connectivity index (χ0) is 14.9. The fourth-order valence-corrected chi connectivity index (χ4v) is 4.54. The minimum Gasteiger partial charge on any atom is -0.329 e. The van der Waals surface area contributed by atoms with Crippen LogP contribution in [0.3, 0.4) is 0 Å². The molecule has 21 heavy (non-hydrogen) atoms. The molecule has 2 fully saturated rings. The number of piperidine rings is 1. The van der Waals surface area contributed by atoms with Crippen LogP contribution >= 0.6 is 0 Å². The molecule has 2 heteroatoms. The number of aryl methyl sites for hydroxylation is 1. The number of nitrogens with two attached hydrogens (primary N) is 1. The Morgan fingerprint density at radius 1 is 1.10 bits per heavy atom. The van der Waals surface area contributed by atoms with E-state index in [0.717, 1.165) is 6.54 Å². The fraction of sp³-hybridized carbons (Fsp3) is 0.684. The molecule has 1 atom stereocenters. The second kappa shape index (κ2) is 6.10. The van der Waals surface area contributed by atoms with Crippen LogP contribution in [0.15, 0.2) is 18.2 Å². The van der Waals surface area contributed by atoms with Crippen molar-refractivity contribution in [1.82, 2.24) is 4.90 Å². The van der Waals surface area contributed by atoms with Crippen LogP contribution < -0.4 is 5.73 Å². The molecule has 0 amide bonds. The van der Waals surface area contributed by atoms with E-state index in [0.29, 0.717) is 11.5 Å². The molecule has 2 N–H and O–H groups in total. The lowest BCUT2D eigenvalue weighted by Crippen LogP contribution is -2.43. The van der Waals surface area contributed by atoms with E-state index in [1.54, 1.807) is 0 Å². The second-order valence-electron chi connectivity index (χ2n) is 7.28. The highest BCUT2D eigenvalue weighted by Crippen LogP contribution is 2.47. The number of nitrogens with zero attached hydrogens (tertiary/aromatic N) is 1. The first-order valence-corrected chi connectivity index (χ1v) is 8.65. The maximum absolute atomic E-state index is 6.16. The van der Waals surface area contributed by atoms with E-state index in [-0.39, 0.29) is 0 Å². The highest BCUT2D eigenvalue weighted by Gasteiger charge is 2.38. The smallest absolute Gasteiger partial charge is 0.0473 e. The van der Waals surface area contributed by atoms with Gasteiger partial charge in [0.1, 0.15) is 0 Å². The van der Waals surface area contributed by atoms with Gasteiger partial charge < -0.3 is 5.73 Å². The van der Waals surface area contributed by atoms with Crippen LogP contribution in [0.25, 0.3) is 0 Å². The molecule has 1 aromatic carbocycles. The Balaban J connectivity index is 1.74. The molecule has 1 aliphatic heterocycles. The zero-order valence-electron chi connectivity index (χ0n) is 13.7. The van der Waals surface area contributed by atoms with Crippen LogP contribution in [-0.4, -0.2) is 24.5 Å². The van der Waals surface area contributed by atoms with Crippen LogP contribution in [0.1, 0.15) is 61.3 Å². The monoisotopic (exact) mass is 286 g/mol. The lowest BCUT2D eigenvalue weighted by Gasteiger charge is -2.43. The first-order chi connectivity index (χ1) is 10.2. The van der Waals surface area contributed by atoms with Gasteiger partial charge in [0.05, 0.1) is 0 Å². The van der Waals surface area contributed by atoms with Crippen molar-refractivity contribution in [3.8, 4) is 0 Å². The van der Waals surface area contributed by atoms with Gasteiger partial charge in [0.2, 0.25) is 0 Å². The molecular formula is C19H30N2. The summed E-state index contributed by atoms with van der Waals surface area (Å²) in [5.74, 6) is 0. The third-order valence-corrected chi connectivity index (χ3v) is 6.19. The largest absolute Gasteiger partial charge is 0.329 e. The van der Waals surface area contributed by atoms with Gasteiger partial charge in [-0.05, 0) is 74.7 Å². The summed E-state index contributed by atoms with van der Waals surface area (Å²) in [7, 11) is 0. The topological polar surface area (TPSA) is 29.3 Å². The van der Waals surface area contributed by atoms with Gasteiger partial charge in [-0.1, -0.05) is 31.0 Å². The number of rotatable bonds is 3. The predicted octanol–water partition coefficient (Wildman–Crippen LogP) is 3.96. The number of hydrogen-bond acceptors (Lipinski definition) is 2. The van der Waals surface area contributed by atoms with E-state index in [2.05, 4.69) is 36.9 Å². The van der Waals surface area contributed by atoms with Gasteiger partial charge in [0, 0.05) is 12.6 Å². The molecule has 1 unspecified atom stereocenters. The van der Waals surface area contributed by atoms with Crippen molar-refractivity contribution in [3.05, 3.63) is 34.9 Å². The van der Waals surface area contributed by atoms with Crippen molar-refractivity contribution < 1.29 is 0 Å². The molecule has 116 valence electrons. The lowest BCUT2D eigenvalue weighted by molar-refractivity contribution is 0.0778. The third kappa shape index (κ3) is 2.89. The van der Waals surface area contributed by atoms with Gasteiger partial charge in [-0.15, -0.1) is 0 Å². The summed E-state index contributed by atoms with van der Waals surface area (Å²) in [4.78, 5) is 2.64. The fourth-order valence-electron chi connectivity index (χ4n) is 4.54. The Morgan fingerprint density at radius 2 is 1.76 bits per heavy atom. The van der Waals surface area contributed by atoms with E-state index in [1.807, 2.05) is 0 Å². The summed E-state index contributed by atoms with van der Waals surface area (Å²) < 4.78 is 0. The van der Waals surface area contributed by atoms with Crippen molar-refractivity contribution in [2.24, 2.45) is 11.1 Å². The third-order valence-electron chi connectivity index (χ3n) is 6.19. The van der Waals surface area contributed by atoms with Crippen LogP contribution in [-0.2, 0) is 0 Å². The van der Waals surface area contributed by atoms with E-state index in [4.69, 9.17) is 5.73 Å². The Labute approximate surface area is 129 Å². The van der Waals surface area contributed by atoms with Crippen molar-refractivity contribution in [1.29, 1.82) is 0 Å². The van der Waals surface area contributed by atoms with Crippen LogP contribution in [0.4, 0.5) is 0 Å². The van der Waals surface area contributed by atoms with Gasteiger partial charge in [0.15, 0.2) is 0 Å². The molecule has 3 rings (SSSR count). The number of hydrogen-bond donors (Lipinski definition) is 1. The summed E-state index contributed by atoms with van der Waals surface area (Å²) in [6, 6.07) is 7.07. The average Bonchev–Trinajstić information content (AvgIpc) is 2.94. The maximum atomic E-state index is 6.16. The van der Waals surface area contributed by atoms with E-state index in [1.165, 1.54) is 68.3 Å². The standard InChI is InChI=1S/C19H30N2/c1-15-6-5-7-17(16(15)2)18(14-20)21-12-10-19(11-13-21)8-3-4-9-19/h5-7,18H,3-4,8-14,20H2,1-2H3. The second-order valence-corrected chi connectivity index (χ2v) is 7.28. The SMILES string of the molecule is Cc1cccc(C(CN)N2CCC3(CCCC3)CC2)c1C. The molecule has 1 saturated heterocycles. The van der Waals surface area contributed by atoms with Gasteiger partial charge in [-0.25, -0.2) is 0 Å². The van der Waals surface area contributed by atoms with Crippen molar-refractivity contribution in [2.75, 3.05) is 19.6 Å². The summed E-state index contributed by atoms with van der Waals surface area (Å²) in [5.41, 5.74) is 11.1. The molecule has 1 spiro atoms. The molecule has 1 heterocycles. The average molecular weight is 286 g/mol. The highest BCUT2D eigenvalue weighted by molar-refractivity contribution is 5.35. The number of benzene rings is 1. The Bertz CT molecular complexity index is 478. The molecule has 2 nitrogen and oxygen atoms in total. The van der Waals surface area contributed by atoms with Crippen molar-refractivity contribution in [3.63, 3.8) is 0 Å². The van der Waals surface area contributed by atoms with E-state index < -0.39 is 0 Å². The maximum Gasteiger partial charge on any atom is 0.0473 e. The summed E-state index contributed by atoms with van der Waals surface area (Å²) in [5, 5.41) is 0. The molecule has 1 aliphatic carbocycles. The minimum atomic E-state index is 0.406. The summed E-state index contributed by atoms with van der Waals surface area (Å²) in [6.45, 7) is 7.65. The van der Waals surface area contributed by atoms with Gasteiger partial charge in [0.25, 0.3) is 0 Å². The molecule has 2 aliphatic rings. The van der Waals surface area contributed by atoms with Gasteiger partial charge >= 0.3 is 0 Å². The highest BCUT2D eigenvalue weighted by atomic mass is 15.2. The van der Waals surface area contributed by atoms with Crippen LogP contribution in [0.2, 0.25) is 0 Å². The molecule has 1 saturated carbocycles. The van der Waals surface area contributed by atoms with E-state index in [9.17, 15) is 0 Å². The first-order valence-electron chi connectivity index (χ1n) is 8.65. The molecule has 1 aromatic rings. The normalized spacial score (nSPS) is 23.6. The minimum absolute atomic E-state index is 0.406. The van der Waals surface area contributed by atoms with Gasteiger partial charge in [-0.2, -0.15) is 0 Å². The molecular weight excluding hydrogens is 256 g/mol. The predicted molar refractivity (Wildman–Crippen MR) is 89.4 cm³/mol. The Hall–Kier alpha value is -0.860. The van der Waals surface area contributed by atoms with Crippen molar-refractivity contribution >= 4 is 0 Å². The summed E-state index contributed by atoms with van der Waals surface area (Å²) in [6.07, 6.45) is 8.62. The zero-order valence-corrected chi connectivity index (χ0v) is 13.7. The lowest BCUT2D eigenvalue weighted by atomic mass is 9.76. The molecule has 0 radical (unpaired) electrons. The molecule has 0 aromatic heterocycles. The quantitative estimate of drug-likeness (QED) is 0.911. The Morgan fingerprint density at radius 3 is 2.38 bits per heavy atom. The number of likely N-dealkylation sites (tertiary alicyclic amines) is 1. The first kappa shape index (κ1) is 15.1. The van der Waals surface area contributed by atoms with Crippen LogP contribution in [0, 0.1) is 19.3 Å². The molecule has 0 bridgehead atoms. The van der Waals surface area contributed by atoms with Crippen molar-refractivity contribution in [2.45, 2.75) is 58.4 Å². The van der Waals surface area contributed by atoms with Crippen LogP contribution in [0.5, 0.6) is 0 Å². The summed E-state index contributed by atoms with van der Waals surface area (Å²) >= 11 is 0. The van der Waals surface area contributed by atoms with Gasteiger partial charge in [-0.3, -0.25) is 4.90 Å². The Kier molecular flexibility index (Phi) is 4.37. The van der Waals surface area contributed by atoms with E-state index >= 15 is 0 Å².